The number of ether oxygens (including phenoxy) is 2. The first-order valence-electron chi connectivity index (χ1n) is 16.6. The zero-order valence-corrected chi connectivity index (χ0v) is 27.0. The van der Waals surface area contributed by atoms with Crippen molar-refractivity contribution in [2.24, 2.45) is 46.3 Å². The topological polar surface area (TPSA) is 55.8 Å². The van der Waals surface area contributed by atoms with Gasteiger partial charge in [0, 0.05) is 12.5 Å². The highest BCUT2D eigenvalue weighted by atomic mass is 16.5. The third-order valence-corrected chi connectivity index (χ3v) is 12.5. The highest BCUT2D eigenvalue weighted by molar-refractivity contribution is 5.87. The van der Waals surface area contributed by atoms with Crippen molar-refractivity contribution in [3.8, 4) is 11.5 Å². The Morgan fingerprint density at radius 1 is 1.12 bits per heavy atom. The van der Waals surface area contributed by atoms with E-state index < -0.39 is 0 Å². The molecule has 230 valence electrons. The predicted octanol–water partition coefficient (Wildman–Crippen LogP) is 9.53. The van der Waals surface area contributed by atoms with Crippen molar-refractivity contribution in [1.29, 1.82) is 0 Å². The molecule has 0 unspecified atom stereocenters. The van der Waals surface area contributed by atoms with Crippen LogP contribution in [0, 0.1) is 46.3 Å². The maximum atomic E-state index is 12.7. The lowest BCUT2D eigenvalue weighted by atomic mass is 9.47. The zero-order valence-electron chi connectivity index (χ0n) is 27.0. The summed E-state index contributed by atoms with van der Waals surface area (Å²) in [7, 11) is 1.51. The fourth-order valence-electron chi connectivity index (χ4n) is 9.77. The Morgan fingerprint density at radius 3 is 2.64 bits per heavy atom. The van der Waals surface area contributed by atoms with Gasteiger partial charge in [0.05, 0.1) is 7.11 Å². The largest absolute Gasteiger partial charge is 0.504 e. The first kappa shape index (κ1) is 31.0. The van der Waals surface area contributed by atoms with E-state index in [1.54, 1.807) is 29.8 Å². The van der Waals surface area contributed by atoms with Gasteiger partial charge in [0.25, 0.3) is 0 Å². The van der Waals surface area contributed by atoms with E-state index in [0.29, 0.717) is 17.1 Å². The van der Waals surface area contributed by atoms with E-state index in [1.807, 2.05) is 0 Å². The van der Waals surface area contributed by atoms with Crippen LogP contribution in [0.25, 0.3) is 6.08 Å². The van der Waals surface area contributed by atoms with Gasteiger partial charge in [-0.1, -0.05) is 64.5 Å². The summed E-state index contributed by atoms with van der Waals surface area (Å²) in [5, 5.41) is 9.81. The average Bonchev–Trinajstić information content (AvgIpc) is 3.32. The number of allylic oxidation sites excluding steroid dienone is 2. The molecule has 0 spiro atoms. The zero-order chi connectivity index (χ0) is 30.2. The number of esters is 1. The molecular formula is C38H54O4. The highest BCUT2D eigenvalue weighted by Gasteiger charge is 2.59. The van der Waals surface area contributed by atoms with Gasteiger partial charge in [-0.3, -0.25) is 0 Å². The lowest BCUT2D eigenvalue weighted by molar-refractivity contribution is -0.145. The van der Waals surface area contributed by atoms with Gasteiger partial charge in [0.2, 0.25) is 0 Å². The number of carbonyl (C=O) groups excluding carboxylic acids is 1. The number of rotatable bonds is 9. The van der Waals surface area contributed by atoms with E-state index in [9.17, 15) is 9.90 Å². The molecule has 0 aromatic heterocycles. The van der Waals surface area contributed by atoms with Gasteiger partial charge in [0.15, 0.2) is 11.5 Å². The number of aromatic hydroxyl groups is 1. The quantitative estimate of drug-likeness (QED) is 0.181. The molecule has 42 heavy (non-hydrogen) atoms. The normalized spacial score (nSPS) is 34.7. The summed E-state index contributed by atoms with van der Waals surface area (Å²) in [4.78, 5) is 12.7. The number of fused-ring (bicyclic) bond motifs is 5. The van der Waals surface area contributed by atoms with Gasteiger partial charge in [0.1, 0.15) is 6.10 Å². The first-order valence-corrected chi connectivity index (χ1v) is 16.6. The van der Waals surface area contributed by atoms with Crippen molar-refractivity contribution in [1.82, 2.24) is 0 Å². The molecule has 4 aliphatic carbocycles. The third kappa shape index (κ3) is 5.84. The van der Waals surface area contributed by atoms with Crippen LogP contribution in [-0.2, 0) is 9.53 Å². The van der Waals surface area contributed by atoms with Gasteiger partial charge in [-0.2, -0.15) is 0 Å². The van der Waals surface area contributed by atoms with Crippen molar-refractivity contribution >= 4 is 12.0 Å². The van der Waals surface area contributed by atoms with Crippen LogP contribution >= 0.6 is 0 Å². The molecule has 0 radical (unpaired) electrons. The molecule has 0 saturated heterocycles. The third-order valence-electron chi connectivity index (χ3n) is 12.5. The second kappa shape index (κ2) is 12.2. The summed E-state index contributed by atoms with van der Waals surface area (Å²) in [6, 6.07) is 5.03. The monoisotopic (exact) mass is 574 g/mol. The van der Waals surface area contributed by atoms with Crippen LogP contribution in [-0.4, -0.2) is 24.3 Å². The summed E-state index contributed by atoms with van der Waals surface area (Å²) in [5.74, 6) is 4.76. The number of benzene rings is 1. The predicted molar refractivity (Wildman–Crippen MR) is 171 cm³/mol. The molecule has 4 heteroatoms. The molecular weight excluding hydrogens is 520 g/mol. The minimum atomic E-state index is -0.304. The van der Waals surface area contributed by atoms with E-state index in [0.717, 1.165) is 54.4 Å². The molecule has 5 rings (SSSR count). The summed E-state index contributed by atoms with van der Waals surface area (Å²) < 4.78 is 11.1. The van der Waals surface area contributed by atoms with Gasteiger partial charge >= 0.3 is 5.97 Å². The molecule has 1 N–H and O–H groups in total. The number of hydrogen-bond acceptors (Lipinski definition) is 4. The van der Waals surface area contributed by atoms with E-state index in [1.165, 1.54) is 63.7 Å². The van der Waals surface area contributed by atoms with Crippen LogP contribution in [0.4, 0.5) is 0 Å². The summed E-state index contributed by atoms with van der Waals surface area (Å²) >= 11 is 0. The number of phenols is 1. The minimum Gasteiger partial charge on any atom is -0.504 e. The Morgan fingerprint density at radius 2 is 1.90 bits per heavy atom. The standard InChI is InChI=1S/C38H54O4/c1-24(2)25(3)8-9-26(4)31-14-15-32-30-13-12-28-23-29(18-20-37(28,5)33(30)19-21-38(31,32)6)42-36(40)17-11-27-10-16-34(39)35(22-27)41-7/h10-12,16-17,22,24,26,29-33,39H,3,8-9,13-15,18-21,23H2,1-2,4-7H3/b17-11-/t26-,29+,30+,31-,32+,33+,37+,38-/m1/s1. The number of hydrogen-bond donors (Lipinski definition) is 1. The SMILES string of the molecule is C=C(CC[C@@H](C)[C@H]1CC[C@H]2[C@@H]3CC=C4C[C@@H](OC(=O)/C=C\c5ccc(O)c(OC)c5)CC[C@]4(C)[C@H]3CC[C@]12C)C(C)C. The number of methoxy groups -OCH3 is 1. The van der Waals surface area contributed by atoms with Crippen molar-refractivity contribution in [2.45, 2.75) is 105 Å². The lowest BCUT2D eigenvalue weighted by Gasteiger charge is -2.58. The van der Waals surface area contributed by atoms with E-state index in [-0.39, 0.29) is 23.2 Å². The maximum absolute atomic E-state index is 12.7. The molecule has 0 aliphatic heterocycles. The van der Waals surface area contributed by atoms with Gasteiger partial charge in [-0.25, -0.2) is 4.79 Å². The maximum Gasteiger partial charge on any atom is 0.331 e. The summed E-state index contributed by atoms with van der Waals surface area (Å²) in [5.41, 5.74) is 4.46. The first-order chi connectivity index (χ1) is 20.0. The van der Waals surface area contributed by atoms with Gasteiger partial charge < -0.3 is 14.6 Å². The molecule has 1 aromatic rings. The molecule has 1 aromatic carbocycles. The van der Waals surface area contributed by atoms with E-state index in [2.05, 4.69) is 47.3 Å². The Labute approximate surface area is 254 Å². The number of carbonyl (C=O) groups is 1. The molecule has 3 fully saturated rings. The van der Waals surface area contributed by atoms with E-state index >= 15 is 0 Å². The second-order valence-corrected chi connectivity index (χ2v) is 14.9. The lowest BCUT2D eigenvalue weighted by Crippen LogP contribution is -2.51. The van der Waals surface area contributed by atoms with Crippen LogP contribution in [0.2, 0.25) is 0 Å². The van der Waals surface area contributed by atoms with Crippen molar-refractivity contribution in [2.75, 3.05) is 7.11 Å². The van der Waals surface area contributed by atoms with Crippen molar-refractivity contribution < 1.29 is 19.4 Å². The Kier molecular flexibility index (Phi) is 9.03. The molecule has 0 amide bonds. The van der Waals surface area contributed by atoms with Gasteiger partial charge in [-0.15, -0.1) is 0 Å². The van der Waals surface area contributed by atoms with Gasteiger partial charge in [-0.05, 0) is 128 Å². The highest BCUT2D eigenvalue weighted by Crippen LogP contribution is 2.67. The second-order valence-electron chi connectivity index (χ2n) is 14.9. The van der Waals surface area contributed by atoms with Crippen molar-refractivity contribution in [3.63, 3.8) is 0 Å². The number of phenolic OH excluding ortho intramolecular Hbond substituents is 1. The Bertz CT molecular complexity index is 1230. The van der Waals surface area contributed by atoms with E-state index in [4.69, 9.17) is 9.47 Å². The fraction of sp³-hybridized carbons (Fsp3) is 0.658. The van der Waals surface area contributed by atoms with Crippen LogP contribution in [0.5, 0.6) is 11.5 Å². The minimum absolute atomic E-state index is 0.0569. The average molecular weight is 575 g/mol. The van der Waals surface area contributed by atoms with Crippen LogP contribution in [0.3, 0.4) is 0 Å². The summed E-state index contributed by atoms with van der Waals surface area (Å²) in [6.45, 7) is 16.6. The molecule has 0 heterocycles. The summed E-state index contributed by atoms with van der Waals surface area (Å²) in [6.07, 6.45) is 17.8. The molecule has 3 saturated carbocycles. The van der Waals surface area contributed by atoms with Crippen molar-refractivity contribution in [3.05, 3.63) is 53.6 Å². The van der Waals surface area contributed by atoms with Crippen LogP contribution in [0.15, 0.2) is 48.1 Å². The van der Waals surface area contributed by atoms with Crippen LogP contribution in [0.1, 0.15) is 104 Å². The fourth-order valence-corrected chi connectivity index (χ4v) is 9.77. The molecule has 0 bridgehead atoms. The Hall–Kier alpha value is -2.49. The molecule has 4 nitrogen and oxygen atoms in total. The van der Waals surface area contributed by atoms with Crippen LogP contribution < -0.4 is 4.74 Å². The molecule has 4 aliphatic rings. The smallest absolute Gasteiger partial charge is 0.331 e. The Balaban J connectivity index is 1.21. The molecule has 8 atom stereocenters.